The summed E-state index contributed by atoms with van der Waals surface area (Å²) in [6.07, 6.45) is -3.70. The molecule has 0 saturated heterocycles. The molecule has 0 spiro atoms. The summed E-state index contributed by atoms with van der Waals surface area (Å²) >= 11 is 0. The first-order valence-corrected chi connectivity index (χ1v) is 29.1. The quantitative estimate of drug-likeness (QED) is 0.00739. The Kier molecular flexibility index (Phi) is 24.3. The second kappa shape index (κ2) is 33.3. The Hall–Kier alpha value is -10.4. The molecule has 5 N–H and O–H groups in total. The van der Waals surface area contributed by atoms with E-state index < -0.39 is 101 Å². The number of aryl methyl sites for hydroxylation is 2. The van der Waals surface area contributed by atoms with E-state index in [9.17, 15) is 47.0 Å². The maximum Gasteiger partial charge on any atom is 0.408 e. The number of hydrogen-bond donors (Lipinski definition) is 5. The SMILES string of the molecule is C[C@H](NC(=O)[C@H](Cc1cc(-c2ccc(CCc3ccccc3)c(C[C@H](NC(=O)OCc3ccccc3)C(=O)Oc3c(F)c(F)c(F)c(F)c3F)c2)ccc1OCc1ccccc1)NC(=O)CC[C@@H](O)CNC(=O)OCc1ccccc1)C(=O)OCc1ccccc1. The number of hydrogen-bond acceptors (Lipinski definition) is 12. The lowest BCUT2D eigenvalue weighted by atomic mass is 9.91. The van der Waals surface area contributed by atoms with Gasteiger partial charge in [-0.25, -0.2) is 32.3 Å². The van der Waals surface area contributed by atoms with Crippen LogP contribution in [0.25, 0.3) is 11.1 Å². The maximum absolute atomic E-state index is 15.1. The number of esters is 2. The molecular weight excluding hydrogens is 1180 g/mol. The van der Waals surface area contributed by atoms with Gasteiger partial charge in [0.25, 0.3) is 0 Å². The summed E-state index contributed by atoms with van der Waals surface area (Å²) in [5.41, 5.74) is 5.92. The molecule has 0 aliphatic rings. The van der Waals surface area contributed by atoms with Crippen LogP contribution >= 0.6 is 0 Å². The predicted octanol–water partition coefficient (Wildman–Crippen LogP) is 11.2. The molecule has 0 aromatic heterocycles. The van der Waals surface area contributed by atoms with E-state index in [0.29, 0.717) is 51.8 Å². The molecule has 8 aromatic rings. The van der Waals surface area contributed by atoms with E-state index in [4.69, 9.17) is 23.7 Å². The number of carbonyl (C=O) groups is 6. The van der Waals surface area contributed by atoms with Crippen LogP contribution in [0.2, 0.25) is 0 Å². The summed E-state index contributed by atoms with van der Waals surface area (Å²) in [5, 5.41) is 21.1. The summed E-state index contributed by atoms with van der Waals surface area (Å²) in [5.74, 6) is -17.6. The minimum Gasteiger partial charge on any atom is -0.489 e. The maximum atomic E-state index is 15.1. The van der Waals surface area contributed by atoms with Crippen LogP contribution in [0.4, 0.5) is 31.5 Å². The number of amides is 4. The Balaban J connectivity index is 1.11. The van der Waals surface area contributed by atoms with Crippen molar-refractivity contribution in [1.29, 1.82) is 0 Å². The fraction of sp³-hybridized carbons (Fsp3) is 0.229. The molecule has 0 fully saturated rings. The highest BCUT2D eigenvalue weighted by Gasteiger charge is 2.33. The zero-order valence-corrected chi connectivity index (χ0v) is 49.3. The molecule has 0 heterocycles. The average Bonchev–Trinajstić information content (AvgIpc) is 0.934. The van der Waals surface area contributed by atoms with E-state index in [1.807, 2.05) is 66.7 Å². The normalized spacial score (nSPS) is 12.3. The predicted molar refractivity (Wildman–Crippen MR) is 325 cm³/mol. The van der Waals surface area contributed by atoms with Crippen molar-refractivity contribution in [2.75, 3.05) is 6.54 Å². The summed E-state index contributed by atoms with van der Waals surface area (Å²) in [7, 11) is 0. The van der Waals surface area contributed by atoms with Crippen LogP contribution in [0.15, 0.2) is 188 Å². The summed E-state index contributed by atoms with van der Waals surface area (Å²) in [4.78, 5) is 81.9. The van der Waals surface area contributed by atoms with E-state index in [2.05, 4.69) is 21.3 Å². The molecule has 0 aliphatic heterocycles. The molecule has 0 bridgehead atoms. The fourth-order valence-electron chi connectivity index (χ4n) is 9.42. The van der Waals surface area contributed by atoms with Gasteiger partial charge in [-0.3, -0.25) is 9.59 Å². The first-order valence-electron chi connectivity index (χ1n) is 29.1. The van der Waals surface area contributed by atoms with Crippen LogP contribution < -0.4 is 30.7 Å². The third kappa shape index (κ3) is 20.0. The molecule has 8 rings (SSSR count). The van der Waals surface area contributed by atoms with Gasteiger partial charge in [0.1, 0.15) is 50.3 Å². The molecule has 0 aliphatic carbocycles. The Morgan fingerprint density at radius 3 is 1.49 bits per heavy atom. The number of nitrogens with one attached hydrogen (secondary N) is 4. The Morgan fingerprint density at radius 2 is 0.934 bits per heavy atom. The number of carbonyl (C=O) groups excluding carboxylic acids is 6. The van der Waals surface area contributed by atoms with Crippen LogP contribution in [0.5, 0.6) is 11.5 Å². The molecule has 0 unspecified atom stereocenters. The first-order chi connectivity index (χ1) is 44.0. The molecule has 21 heteroatoms. The Morgan fingerprint density at radius 1 is 0.462 bits per heavy atom. The lowest BCUT2D eigenvalue weighted by Crippen LogP contribution is -2.52. The van der Waals surface area contributed by atoms with Crippen molar-refractivity contribution in [3.05, 3.63) is 262 Å². The van der Waals surface area contributed by atoms with Gasteiger partial charge in [-0.2, -0.15) is 8.78 Å². The van der Waals surface area contributed by atoms with Gasteiger partial charge in [0.05, 0.1) is 6.10 Å². The van der Waals surface area contributed by atoms with Crippen molar-refractivity contribution in [3.8, 4) is 22.6 Å². The average molecular weight is 1250 g/mol. The number of benzene rings is 8. The second-order valence-electron chi connectivity index (χ2n) is 21.1. The molecule has 472 valence electrons. The zero-order valence-electron chi connectivity index (χ0n) is 49.3. The second-order valence-corrected chi connectivity index (χ2v) is 21.1. The van der Waals surface area contributed by atoms with Crippen LogP contribution in [-0.2, 0) is 85.5 Å². The van der Waals surface area contributed by atoms with E-state index in [0.717, 1.165) is 16.7 Å². The van der Waals surface area contributed by atoms with Crippen molar-refractivity contribution in [2.45, 2.75) is 96.1 Å². The number of aliphatic hydroxyl groups excluding tert-OH is 1. The van der Waals surface area contributed by atoms with Crippen molar-refractivity contribution < 1.29 is 79.5 Å². The van der Waals surface area contributed by atoms with E-state index in [1.54, 1.807) is 121 Å². The number of halogens is 5. The number of ether oxygens (including phenoxy) is 5. The molecule has 16 nitrogen and oxygen atoms in total. The van der Waals surface area contributed by atoms with Crippen LogP contribution in [-0.4, -0.2) is 71.8 Å². The molecule has 0 radical (unpaired) electrons. The van der Waals surface area contributed by atoms with Crippen molar-refractivity contribution in [1.82, 2.24) is 21.3 Å². The Labute approximate surface area is 521 Å². The van der Waals surface area contributed by atoms with Crippen LogP contribution in [0.1, 0.15) is 64.3 Å². The highest BCUT2D eigenvalue weighted by molar-refractivity contribution is 5.91. The number of aliphatic hydroxyl groups is 1. The third-order valence-corrected chi connectivity index (χ3v) is 14.4. The smallest absolute Gasteiger partial charge is 0.408 e. The third-order valence-electron chi connectivity index (χ3n) is 14.4. The van der Waals surface area contributed by atoms with Gasteiger partial charge in [0.2, 0.25) is 46.6 Å². The first kappa shape index (κ1) is 66.5. The van der Waals surface area contributed by atoms with Crippen molar-refractivity contribution >= 4 is 35.9 Å². The standard InChI is InChI=1S/C70H65F5N4O12/c1-44(67(83)88-41-47-21-11-4-12-22-47)77-66(82)56(78-59(81)34-32-55(80)39-76-69(85)89-42-48-23-13-5-14-24-48)38-54-36-52(31-33-58(54)87-40-46-19-9-3-10-20-46)51-30-29-50(28-27-45-17-7-2-8-18-45)53(35-51)37-57(79-70(86)90-43-49-25-15-6-16-26-49)68(84)91-65-63(74)61(72)60(71)62(73)64(65)75/h2-26,29-31,33,35-36,44,55-57,80H,27-28,32,34,37-43H2,1H3,(H,76,85)(H,77,82)(H,78,81)(H,79,86)/t44-,55+,56-,57-/m0/s1. The van der Waals surface area contributed by atoms with Crippen molar-refractivity contribution in [3.63, 3.8) is 0 Å². The van der Waals surface area contributed by atoms with Gasteiger partial charge in [0.15, 0.2) is 0 Å². The largest absolute Gasteiger partial charge is 0.489 e. The topological polar surface area (TPSA) is 217 Å². The van der Waals surface area contributed by atoms with Crippen LogP contribution in [0, 0.1) is 29.1 Å². The highest BCUT2D eigenvalue weighted by Crippen LogP contribution is 2.33. The minimum atomic E-state index is -2.49. The fourth-order valence-corrected chi connectivity index (χ4v) is 9.42. The highest BCUT2D eigenvalue weighted by atomic mass is 19.2. The number of alkyl carbamates (subject to hydrolysis) is 2. The van der Waals surface area contributed by atoms with Gasteiger partial charge in [0, 0.05) is 25.8 Å². The zero-order chi connectivity index (χ0) is 64.7. The Bertz CT molecular complexity index is 3730. The van der Waals surface area contributed by atoms with E-state index in [-0.39, 0.29) is 58.0 Å². The lowest BCUT2D eigenvalue weighted by Gasteiger charge is -2.23. The lowest BCUT2D eigenvalue weighted by molar-refractivity contribution is -0.148. The molecule has 4 amide bonds. The summed E-state index contributed by atoms with van der Waals surface area (Å²) in [6.45, 7) is 0.808. The minimum absolute atomic E-state index is 0.0148. The molecule has 8 aromatic carbocycles. The molecule has 0 saturated carbocycles. The molecule has 4 atom stereocenters. The van der Waals surface area contributed by atoms with Gasteiger partial charge >= 0.3 is 24.1 Å². The van der Waals surface area contributed by atoms with E-state index in [1.165, 1.54) is 6.92 Å². The van der Waals surface area contributed by atoms with Crippen LogP contribution in [0.3, 0.4) is 0 Å². The van der Waals surface area contributed by atoms with Gasteiger partial charge < -0.3 is 50.1 Å². The van der Waals surface area contributed by atoms with Crippen molar-refractivity contribution in [2.24, 2.45) is 0 Å². The van der Waals surface area contributed by atoms with E-state index >= 15 is 8.78 Å². The molecular formula is C70H65F5N4O12. The summed E-state index contributed by atoms with van der Waals surface area (Å²) < 4.78 is 101. The number of rotatable bonds is 29. The van der Waals surface area contributed by atoms with Gasteiger partial charge in [-0.1, -0.05) is 176 Å². The summed E-state index contributed by atoms with van der Waals surface area (Å²) in [6, 6.07) is 50.4. The monoisotopic (exact) mass is 1250 g/mol. The van der Waals surface area contributed by atoms with Gasteiger partial charge in [-0.05, 0) is 94.0 Å². The molecule has 91 heavy (non-hydrogen) atoms. The van der Waals surface area contributed by atoms with Gasteiger partial charge in [-0.15, -0.1) is 0 Å².